The van der Waals surface area contributed by atoms with Gasteiger partial charge in [0.1, 0.15) is 11.6 Å². The van der Waals surface area contributed by atoms with Crippen molar-refractivity contribution in [3.63, 3.8) is 0 Å². The lowest BCUT2D eigenvalue weighted by Gasteiger charge is -2.13. The highest BCUT2D eigenvalue weighted by Crippen LogP contribution is 2.23. The Morgan fingerprint density at radius 3 is 2.72 bits per heavy atom. The van der Waals surface area contributed by atoms with Gasteiger partial charge < -0.3 is 5.32 Å². The van der Waals surface area contributed by atoms with E-state index in [4.69, 9.17) is 0 Å². The highest BCUT2D eigenvalue weighted by atomic mass is 79.9. The van der Waals surface area contributed by atoms with Crippen LogP contribution >= 0.6 is 15.9 Å². The van der Waals surface area contributed by atoms with Gasteiger partial charge in [0.15, 0.2) is 0 Å². The second-order valence-corrected chi connectivity index (χ2v) is 5.42. The van der Waals surface area contributed by atoms with Gasteiger partial charge in [-0.05, 0) is 67.2 Å². The maximum absolute atomic E-state index is 13.7. The van der Waals surface area contributed by atoms with Gasteiger partial charge in [0.2, 0.25) is 0 Å². The molecule has 1 nitrogen and oxygen atoms in total. The lowest BCUT2D eigenvalue weighted by atomic mass is 10.0. The number of hydrogen-bond acceptors (Lipinski definition) is 1. The Hall–Kier alpha value is -0.480. The molecule has 1 aromatic carbocycles. The highest BCUT2D eigenvalue weighted by Gasteiger charge is 2.12. The molecule has 0 fully saturated rings. The zero-order chi connectivity index (χ0) is 13.5. The van der Waals surface area contributed by atoms with E-state index < -0.39 is 11.6 Å². The van der Waals surface area contributed by atoms with E-state index in [0.29, 0.717) is 16.9 Å². The molecule has 0 aliphatic carbocycles. The van der Waals surface area contributed by atoms with Crippen molar-refractivity contribution >= 4 is 15.9 Å². The Morgan fingerprint density at radius 1 is 1.33 bits per heavy atom. The van der Waals surface area contributed by atoms with E-state index in [2.05, 4.69) is 35.1 Å². The van der Waals surface area contributed by atoms with Crippen molar-refractivity contribution < 1.29 is 8.78 Å². The molecule has 4 heteroatoms. The van der Waals surface area contributed by atoms with Crippen LogP contribution in [0.3, 0.4) is 0 Å². The first kappa shape index (κ1) is 15.6. The zero-order valence-electron chi connectivity index (χ0n) is 10.9. The molecule has 18 heavy (non-hydrogen) atoms. The average Bonchev–Trinajstić information content (AvgIpc) is 2.35. The van der Waals surface area contributed by atoms with Gasteiger partial charge in [0.25, 0.3) is 0 Å². The summed E-state index contributed by atoms with van der Waals surface area (Å²) in [4.78, 5) is 0. The maximum atomic E-state index is 13.7. The van der Waals surface area contributed by atoms with Crippen LogP contribution in [0.15, 0.2) is 16.6 Å². The van der Waals surface area contributed by atoms with Crippen LogP contribution in [0.4, 0.5) is 8.78 Å². The van der Waals surface area contributed by atoms with Crippen LogP contribution < -0.4 is 5.32 Å². The van der Waals surface area contributed by atoms with Crippen molar-refractivity contribution in [3.05, 3.63) is 33.8 Å². The molecule has 0 saturated carbocycles. The summed E-state index contributed by atoms with van der Waals surface area (Å²) in [5.74, 6) is -0.922. The molecule has 0 radical (unpaired) electrons. The Morgan fingerprint density at radius 2 is 2.06 bits per heavy atom. The van der Waals surface area contributed by atoms with E-state index in [1.54, 1.807) is 0 Å². The molecule has 0 aromatic heterocycles. The molecule has 102 valence electrons. The third kappa shape index (κ3) is 4.65. The first-order valence-electron chi connectivity index (χ1n) is 6.42. The summed E-state index contributed by atoms with van der Waals surface area (Å²) >= 11 is 3.08. The second kappa shape index (κ2) is 7.85. The molecule has 1 N–H and O–H groups in total. The predicted octanol–water partition coefficient (Wildman–Crippen LogP) is 4.44. The lowest BCUT2D eigenvalue weighted by molar-refractivity contribution is 0.486. The minimum absolute atomic E-state index is 0.187. The van der Waals surface area contributed by atoms with Gasteiger partial charge in [-0.15, -0.1) is 0 Å². The summed E-state index contributed by atoms with van der Waals surface area (Å²) in [5, 5.41) is 3.36. The second-order valence-electron chi connectivity index (χ2n) is 4.57. The van der Waals surface area contributed by atoms with E-state index in [-0.39, 0.29) is 5.56 Å². The fourth-order valence-corrected chi connectivity index (χ4v) is 2.25. The van der Waals surface area contributed by atoms with Crippen molar-refractivity contribution in [2.75, 3.05) is 6.54 Å². The topological polar surface area (TPSA) is 12.0 Å². The van der Waals surface area contributed by atoms with Gasteiger partial charge in [-0.25, -0.2) is 8.78 Å². The van der Waals surface area contributed by atoms with Crippen LogP contribution in [-0.2, 0) is 6.42 Å². The van der Waals surface area contributed by atoms with E-state index in [1.807, 2.05) is 0 Å². The van der Waals surface area contributed by atoms with Crippen molar-refractivity contribution in [3.8, 4) is 0 Å². The van der Waals surface area contributed by atoms with Crippen molar-refractivity contribution in [1.29, 1.82) is 0 Å². The minimum Gasteiger partial charge on any atom is -0.314 e. The van der Waals surface area contributed by atoms with Gasteiger partial charge in [-0.1, -0.05) is 6.92 Å². The Labute approximate surface area is 116 Å². The SMILES string of the molecule is CCCNC(C)CCCc1c(F)ccc(Br)c1F. The molecule has 0 amide bonds. The highest BCUT2D eigenvalue weighted by molar-refractivity contribution is 9.10. The molecular formula is C14H20BrF2N. The molecule has 1 unspecified atom stereocenters. The average molecular weight is 320 g/mol. The molecule has 1 rings (SSSR count). The molecule has 0 aliphatic heterocycles. The fraction of sp³-hybridized carbons (Fsp3) is 0.571. The van der Waals surface area contributed by atoms with Gasteiger partial charge in [0, 0.05) is 11.6 Å². The van der Waals surface area contributed by atoms with Crippen LogP contribution in [0.25, 0.3) is 0 Å². The molecule has 1 aromatic rings. The molecule has 0 spiro atoms. The molecule has 0 aliphatic rings. The molecule has 0 bridgehead atoms. The largest absolute Gasteiger partial charge is 0.314 e. The number of nitrogens with one attached hydrogen (secondary N) is 1. The molecule has 0 saturated heterocycles. The van der Waals surface area contributed by atoms with Crippen LogP contribution in [0.2, 0.25) is 0 Å². The standard InChI is InChI=1S/C14H20BrF2N/c1-3-9-18-10(2)5-4-6-11-13(16)8-7-12(15)14(11)17/h7-8,10,18H,3-6,9H2,1-2H3. The number of halogens is 3. The van der Waals surface area contributed by atoms with Crippen LogP contribution in [0, 0.1) is 11.6 Å². The number of benzene rings is 1. The zero-order valence-corrected chi connectivity index (χ0v) is 12.5. The van der Waals surface area contributed by atoms with E-state index in [1.165, 1.54) is 12.1 Å². The van der Waals surface area contributed by atoms with E-state index >= 15 is 0 Å². The third-order valence-corrected chi connectivity index (χ3v) is 3.56. The summed E-state index contributed by atoms with van der Waals surface area (Å²) in [6.07, 6.45) is 3.24. The first-order valence-corrected chi connectivity index (χ1v) is 7.21. The Kier molecular flexibility index (Phi) is 6.79. The summed E-state index contributed by atoms with van der Waals surface area (Å²) in [6.45, 7) is 5.20. The summed E-state index contributed by atoms with van der Waals surface area (Å²) in [5.41, 5.74) is 0.187. The predicted molar refractivity (Wildman–Crippen MR) is 74.8 cm³/mol. The summed E-state index contributed by atoms with van der Waals surface area (Å²) in [7, 11) is 0. The van der Waals surface area contributed by atoms with Crippen molar-refractivity contribution in [2.45, 2.75) is 45.6 Å². The van der Waals surface area contributed by atoms with Gasteiger partial charge >= 0.3 is 0 Å². The van der Waals surface area contributed by atoms with Gasteiger partial charge in [0.05, 0.1) is 4.47 Å². The van der Waals surface area contributed by atoms with Gasteiger partial charge in [-0.2, -0.15) is 0 Å². The summed E-state index contributed by atoms with van der Waals surface area (Å²) < 4.78 is 27.5. The Balaban J connectivity index is 2.46. The number of rotatable bonds is 7. The molecular weight excluding hydrogens is 300 g/mol. The van der Waals surface area contributed by atoms with Crippen molar-refractivity contribution in [2.24, 2.45) is 0 Å². The van der Waals surface area contributed by atoms with Crippen LogP contribution in [0.1, 0.15) is 38.7 Å². The Bertz CT molecular complexity index is 382. The minimum atomic E-state index is -0.468. The van der Waals surface area contributed by atoms with Crippen LogP contribution in [-0.4, -0.2) is 12.6 Å². The normalized spacial score (nSPS) is 12.7. The quantitative estimate of drug-likeness (QED) is 0.733. The fourth-order valence-electron chi connectivity index (χ4n) is 1.88. The van der Waals surface area contributed by atoms with Gasteiger partial charge in [-0.3, -0.25) is 0 Å². The monoisotopic (exact) mass is 319 g/mol. The lowest BCUT2D eigenvalue weighted by Crippen LogP contribution is -2.26. The summed E-state index contributed by atoms with van der Waals surface area (Å²) in [6, 6.07) is 3.10. The van der Waals surface area contributed by atoms with E-state index in [0.717, 1.165) is 25.8 Å². The molecule has 1 atom stereocenters. The third-order valence-electron chi connectivity index (χ3n) is 2.95. The first-order chi connectivity index (χ1) is 8.56. The van der Waals surface area contributed by atoms with Crippen molar-refractivity contribution in [1.82, 2.24) is 5.32 Å². The number of hydrogen-bond donors (Lipinski definition) is 1. The van der Waals surface area contributed by atoms with Crippen LogP contribution in [0.5, 0.6) is 0 Å². The smallest absolute Gasteiger partial charge is 0.143 e. The van der Waals surface area contributed by atoms with E-state index in [9.17, 15) is 8.78 Å². The maximum Gasteiger partial charge on any atom is 0.143 e. The molecule has 0 heterocycles.